The molecule has 0 saturated carbocycles. The molecule has 96 valence electrons. The van der Waals surface area contributed by atoms with E-state index in [2.05, 4.69) is 10.4 Å². The van der Waals surface area contributed by atoms with Gasteiger partial charge in [0.25, 0.3) is 0 Å². The summed E-state index contributed by atoms with van der Waals surface area (Å²) in [6.45, 7) is 1.51. The SMILES string of the molecule is Cc1ccc(C(NN)c2cn(C)cn2)c(F)c1F. The van der Waals surface area contributed by atoms with Gasteiger partial charge in [-0.05, 0) is 12.5 Å². The second kappa shape index (κ2) is 4.83. The van der Waals surface area contributed by atoms with Gasteiger partial charge in [0.05, 0.1) is 18.1 Å². The van der Waals surface area contributed by atoms with Gasteiger partial charge in [-0.15, -0.1) is 0 Å². The Morgan fingerprint density at radius 3 is 2.61 bits per heavy atom. The molecule has 0 fully saturated rings. The Hall–Kier alpha value is -1.79. The van der Waals surface area contributed by atoms with E-state index in [0.717, 1.165) is 0 Å². The van der Waals surface area contributed by atoms with Crippen LogP contribution in [0.15, 0.2) is 24.7 Å². The van der Waals surface area contributed by atoms with E-state index in [1.54, 1.807) is 24.1 Å². The molecule has 0 bridgehead atoms. The fourth-order valence-electron chi connectivity index (χ4n) is 1.80. The Kier molecular flexibility index (Phi) is 3.40. The molecule has 1 atom stereocenters. The molecule has 4 nitrogen and oxygen atoms in total. The summed E-state index contributed by atoms with van der Waals surface area (Å²) in [6, 6.07) is 2.34. The van der Waals surface area contributed by atoms with Gasteiger partial charge < -0.3 is 4.57 Å². The number of rotatable bonds is 3. The van der Waals surface area contributed by atoms with Crippen molar-refractivity contribution in [2.75, 3.05) is 0 Å². The van der Waals surface area contributed by atoms with Gasteiger partial charge in [0.2, 0.25) is 0 Å². The number of nitrogens with zero attached hydrogens (tertiary/aromatic N) is 2. The minimum Gasteiger partial charge on any atom is -0.340 e. The summed E-state index contributed by atoms with van der Waals surface area (Å²) in [5.41, 5.74) is 3.38. The quantitative estimate of drug-likeness (QED) is 0.644. The third-order valence-electron chi connectivity index (χ3n) is 2.80. The van der Waals surface area contributed by atoms with Crippen molar-refractivity contribution in [3.05, 3.63) is 53.1 Å². The molecule has 18 heavy (non-hydrogen) atoms. The maximum Gasteiger partial charge on any atom is 0.164 e. The van der Waals surface area contributed by atoms with Crippen molar-refractivity contribution in [3.8, 4) is 0 Å². The summed E-state index contributed by atoms with van der Waals surface area (Å²) in [5.74, 6) is 3.66. The highest BCUT2D eigenvalue weighted by molar-refractivity contribution is 5.32. The van der Waals surface area contributed by atoms with Crippen LogP contribution in [0.1, 0.15) is 22.9 Å². The van der Waals surface area contributed by atoms with Crippen molar-refractivity contribution in [3.63, 3.8) is 0 Å². The molecule has 6 heteroatoms. The average Bonchev–Trinajstić information content (AvgIpc) is 2.77. The summed E-state index contributed by atoms with van der Waals surface area (Å²) in [7, 11) is 1.79. The molecule has 1 aromatic heterocycles. The van der Waals surface area contributed by atoms with Gasteiger partial charge in [-0.3, -0.25) is 5.84 Å². The third-order valence-corrected chi connectivity index (χ3v) is 2.80. The van der Waals surface area contributed by atoms with E-state index in [1.807, 2.05) is 0 Å². The number of aryl methyl sites for hydroxylation is 2. The van der Waals surface area contributed by atoms with E-state index in [-0.39, 0.29) is 11.1 Å². The number of nitrogens with one attached hydrogen (secondary N) is 1. The molecule has 0 aliphatic heterocycles. The number of aromatic nitrogens is 2. The Balaban J connectivity index is 2.49. The van der Waals surface area contributed by atoms with Crippen LogP contribution in [0.4, 0.5) is 8.78 Å². The lowest BCUT2D eigenvalue weighted by atomic mass is 10.0. The van der Waals surface area contributed by atoms with Crippen LogP contribution < -0.4 is 11.3 Å². The molecule has 1 unspecified atom stereocenters. The predicted molar refractivity (Wildman–Crippen MR) is 63.5 cm³/mol. The van der Waals surface area contributed by atoms with E-state index in [0.29, 0.717) is 5.69 Å². The Labute approximate surface area is 103 Å². The first-order valence-electron chi connectivity index (χ1n) is 5.43. The molecule has 0 radical (unpaired) electrons. The number of nitrogens with two attached hydrogens (primary N) is 1. The molecule has 1 heterocycles. The second-order valence-electron chi connectivity index (χ2n) is 4.16. The highest BCUT2D eigenvalue weighted by Gasteiger charge is 2.21. The van der Waals surface area contributed by atoms with Gasteiger partial charge in [-0.25, -0.2) is 19.2 Å². The van der Waals surface area contributed by atoms with E-state index < -0.39 is 17.7 Å². The Morgan fingerprint density at radius 2 is 2.06 bits per heavy atom. The van der Waals surface area contributed by atoms with E-state index >= 15 is 0 Å². The van der Waals surface area contributed by atoms with Crippen LogP contribution in [-0.4, -0.2) is 9.55 Å². The lowest BCUT2D eigenvalue weighted by Crippen LogP contribution is -2.30. The number of halogens is 2. The van der Waals surface area contributed by atoms with Crippen LogP contribution in [0.2, 0.25) is 0 Å². The van der Waals surface area contributed by atoms with Crippen LogP contribution in [0, 0.1) is 18.6 Å². The molecule has 0 spiro atoms. The first-order valence-corrected chi connectivity index (χ1v) is 5.43. The summed E-state index contributed by atoms with van der Waals surface area (Å²) in [6.07, 6.45) is 3.27. The summed E-state index contributed by atoms with van der Waals surface area (Å²) >= 11 is 0. The monoisotopic (exact) mass is 252 g/mol. The van der Waals surface area contributed by atoms with Crippen molar-refractivity contribution < 1.29 is 8.78 Å². The minimum absolute atomic E-state index is 0.138. The molecule has 1 aromatic carbocycles. The standard InChI is InChI=1S/C12H14F2N4/c1-7-3-4-8(11(14)10(7)13)12(17-15)9-5-18(2)6-16-9/h3-6,12,17H,15H2,1-2H3. The molecular formula is C12H14F2N4. The van der Waals surface area contributed by atoms with Crippen molar-refractivity contribution in [2.45, 2.75) is 13.0 Å². The average molecular weight is 252 g/mol. The number of benzene rings is 1. The highest BCUT2D eigenvalue weighted by atomic mass is 19.2. The molecule has 0 amide bonds. The number of hydrogen-bond acceptors (Lipinski definition) is 3. The van der Waals surface area contributed by atoms with Crippen LogP contribution in [-0.2, 0) is 7.05 Å². The summed E-state index contributed by atoms with van der Waals surface area (Å²) < 4.78 is 29.1. The van der Waals surface area contributed by atoms with E-state index in [1.165, 1.54) is 19.1 Å². The maximum atomic E-state index is 13.9. The number of hydrogen-bond donors (Lipinski definition) is 2. The number of imidazole rings is 1. The molecule has 2 aromatic rings. The minimum atomic E-state index is -0.899. The van der Waals surface area contributed by atoms with Gasteiger partial charge in [-0.2, -0.15) is 0 Å². The van der Waals surface area contributed by atoms with Crippen molar-refractivity contribution >= 4 is 0 Å². The van der Waals surface area contributed by atoms with E-state index in [9.17, 15) is 8.78 Å². The lowest BCUT2D eigenvalue weighted by Gasteiger charge is -2.15. The van der Waals surface area contributed by atoms with Crippen LogP contribution in [0.3, 0.4) is 0 Å². The molecule has 0 aliphatic carbocycles. The number of hydrazine groups is 1. The zero-order valence-electron chi connectivity index (χ0n) is 10.1. The first kappa shape index (κ1) is 12.7. The lowest BCUT2D eigenvalue weighted by molar-refractivity contribution is 0.477. The summed E-state index contributed by atoms with van der Waals surface area (Å²) in [5, 5.41) is 0. The molecular weight excluding hydrogens is 238 g/mol. The van der Waals surface area contributed by atoms with Gasteiger partial charge in [-0.1, -0.05) is 12.1 Å². The van der Waals surface area contributed by atoms with Crippen LogP contribution >= 0.6 is 0 Å². The predicted octanol–water partition coefficient (Wildman–Crippen LogP) is 1.56. The molecule has 0 aliphatic rings. The van der Waals surface area contributed by atoms with E-state index in [4.69, 9.17) is 5.84 Å². The van der Waals surface area contributed by atoms with Gasteiger partial charge in [0.1, 0.15) is 0 Å². The van der Waals surface area contributed by atoms with Crippen molar-refractivity contribution in [1.29, 1.82) is 0 Å². The zero-order valence-corrected chi connectivity index (χ0v) is 10.1. The van der Waals surface area contributed by atoms with Gasteiger partial charge in [0, 0.05) is 18.8 Å². The zero-order chi connectivity index (χ0) is 13.3. The fourth-order valence-corrected chi connectivity index (χ4v) is 1.80. The first-order chi connectivity index (χ1) is 8.54. The van der Waals surface area contributed by atoms with Crippen molar-refractivity contribution in [2.24, 2.45) is 12.9 Å². The smallest absolute Gasteiger partial charge is 0.164 e. The van der Waals surface area contributed by atoms with Gasteiger partial charge in [0.15, 0.2) is 11.6 Å². The third kappa shape index (κ3) is 2.12. The highest BCUT2D eigenvalue weighted by Crippen LogP contribution is 2.25. The molecule has 2 rings (SSSR count). The topological polar surface area (TPSA) is 55.9 Å². The van der Waals surface area contributed by atoms with Gasteiger partial charge >= 0.3 is 0 Å². The summed E-state index contributed by atoms with van der Waals surface area (Å²) in [4.78, 5) is 4.09. The van der Waals surface area contributed by atoms with Crippen molar-refractivity contribution in [1.82, 2.24) is 15.0 Å². The van der Waals surface area contributed by atoms with Crippen LogP contribution in [0.5, 0.6) is 0 Å². The van der Waals surface area contributed by atoms with Crippen LogP contribution in [0.25, 0.3) is 0 Å². The maximum absolute atomic E-state index is 13.9. The Morgan fingerprint density at radius 1 is 1.33 bits per heavy atom. The normalized spacial score (nSPS) is 12.7. The largest absolute Gasteiger partial charge is 0.340 e. The second-order valence-corrected chi connectivity index (χ2v) is 4.16. The fraction of sp³-hybridized carbons (Fsp3) is 0.250. The molecule has 0 saturated heterocycles. The Bertz CT molecular complexity index is 565. The molecule has 3 N–H and O–H groups in total.